The molecule has 0 spiro atoms. The van der Waals surface area contributed by atoms with Gasteiger partial charge in [-0.25, -0.2) is 9.97 Å². The third-order valence-corrected chi connectivity index (χ3v) is 5.29. The molecule has 146 valence electrons. The molecule has 0 unspecified atom stereocenters. The Morgan fingerprint density at radius 2 is 2.14 bits per heavy atom. The first-order chi connectivity index (χ1) is 14.2. The van der Waals surface area contributed by atoms with E-state index in [2.05, 4.69) is 30.6 Å². The minimum atomic E-state index is -0.132. The van der Waals surface area contributed by atoms with Gasteiger partial charge in [-0.1, -0.05) is 17.7 Å². The number of hydrogen-bond acceptors (Lipinski definition) is 5. The molecule has 0 saturated heterocycles. The van der Waals surface area contributed by atoms with Crippen LogP contribution in [0.25, 0.3) is 22.4 Å². The van der Waals surface area contributed by atoms with E-state index in [9.17, 15) is 4.79 Å². The number of fused-ring (bicyclic) bond motifs is 2. The molecule has 9 heteroatoms. The number of carbonyl (C=O) groups is 1. The Kier molecular flexibility index (Phi) is 4.13. The lowest BCUT2D eigenvalue weighted by molar-refractivity contribution is 0.0947. The van der Waals surface area contributed by atoms with E-state index in [1.54, 1.807) is 25.7 Å². The van der Waals surface area contributed by atoms with Gasteiger partial charge < -0.3 is 25.3 Å². The number of imidazole rings is 1. The van der Waals surface area contributed by atoms with Crippen molar-refractivity contribution in [2.75, 3.05) is 19.0 Å². The van der Waals surface area contributed by atoms with Crippen LogP contribution >= 0.6 is 11.6 Å². The van der Waals surface area contributed by atoms with Gasteiger partial charge in [0.05, 0.1) is 46.6 Å². The van der Waals surface area contributed by atoms with Gasteiger partial charge in [0.15, 0.2) is 11.4 Å². The number of rotatable bonds is 4. The third-order valence-electron chi connectivity index (χ3n) is 4.99. The average Bonchev–Trinajstić information content (AvgIpc) is 3.34. The first-order valence-corrected chi connectivity index (χ1v) is 9.46. The maximum Gasteiger partial charge on any atom is 0.255 e. The van der Waals surface area contributed by atoms with Gasteiger partial charge in [0.25, 0.3) is 5.91 Å². The lowest BCUT2D eigenvalue weighted by Gasteiger charge is -2.17. The summed E-state index contributed by atoms with van der Waals surface area (Å²) in [5.41, 5.74) is 5.79. The normalized spacial score (nSPS) is 13.2. The fourth-order valence-electron chi connectivity index (χ4n) is 3.71. The standard InChI is InChI=1S/C20H17ClN6O2/c1-29-18-11(21)3-2-4-13(18)27-17-14-12(6-8-23-20(14)28)26-15(17)10-5-7-22-19-16(10)24-9-25-19/h2-5,7,9,26-27H,6,8H2,1H3,(H,23,28)(H,22,24,25). The number of nitrogens with zero attached hydrogens (tertiary/aromatic N) is 2. The predicted octanol–water partition coefficient (Wildman–Crippen LogP) is 3.64. The van der Waals surface area contributed by atoms with Crippen LogP contribution in [-0.2, 0) is 6.42 Å². The summed E-state index contributed by atoms with van der Waals surface area (Å²) in [6, 6.07) is 7.32. The zero-order chi connectivity index (χ0) is 20.0. The van der Waals surface area contributed by atoms with Crippen LogP contribution in [0.15, 0.2) is 36.8 Å². The topological polar surface area (TPSA) is 108 Å². The zero-order valence-corrected chi connectivity index (χ0v) is 16.2. The molecule has 0 bridgehead atoms. The van der Waals surface area contributed by atoms with E-state index in [1.165, 1.54) is 0 Å². The number of aromatic amines is 2. The number of nitrogens with one attached hydrogen (secondary N) is 4. The van der Waals surface area contributed by atoms with Crippen molar-refractivity contribution in [2.24, 2.45) is 0 Å². The van der Waals surface area contributed by atoms with Crippen molar-refractivity contribution in [3.63, 3.8) is 0 Å². The molecule has 29 heavy (non-hydrogen) atoms. The van der Waals surface area contributed by atoms with Crippen molar-refractivity contribution >= 4 is 40.0 Å². The van der Waals surface area contributed by atoms with Gasteiger partial charge in [0.2, 0.25) is 0 Å². The van der Waals surface area contributed by atoms with Crippen molar-refractivity contribution in [1.82, 2.24) is 25.3 Å². The van der Waals surface area contributed by atoms with Gasteiger partial charge >= 0.3 is 0 Å². The second-order valence-electron chi connectivity index (χ2n) is 6.64. The van der Waals surface area contributed by atoms with Gasteiger partial charge in [-0.2, -0.15) is 0 Å². The van der Waals surface area contributed by atoms with Gasteiger partial charge in [-0.05, 0) is 18.2 Å². The van der Waals surface area contributed by atoms with Crippen LogP contribution in [0.3, 0.4) is 0 Å². The van der Waals surface area contributed by atoms with E-state index in [-0.39, 0.29) is 5.91 Å². The number of hydrogen-bond donors (Lipinski definition) is 4. The van der Waals surface area contributed by atoms with Crippen LogP contribution in [0.1, 0.15) is 16.1 Å². The minimum absolute atomic E-state index is 0.132. The largest absolute Gasteiger partial charge is 0.493 e. The van der Waals surface area contributed by atoms with Gasteiger partial charge in [0, 0.05) is 30.4 Å². The first kappa shape index (κ1) is 17.6. The highest BCUT2D eigenvalue weighted by atomic mass is 35.5. The number of pyridine rings is 1. The Bertz CT molecular complexity index is 1250. The molecule has 0 atom stereocenters. The number of benzene rings is 1. The molecule has 8 nitrogen and oxygen atoms in total. The SMILES string of the molecule is COc1c(Cl)cccc1Nc1c(-c2ccnc3nc[nH]c23)[nH]c2c1C(=O)NCC2. The maximum atomic E-state index is 12.7. The molecular weight excluding hydrogens is 392 g/mol. The summed E-state index contributed by atoms with van der Waals surface area (Å²) in [5, 5.41) is 6.76. The first-order valence-electron chi connectivity index (χ1n) is 9.08. The predicted molar refractivity (Wildman–Crippen MR) is 111 cm³/mol. The molecule has 1 aliphatic heterocycles. The summed E-state index contributed by atoms with van der Waals surface area (Å²) in [6.45, 7) is 0.585. The van der Waals surface area contributed by atoms with Crippen LogP contribution in [-0.4, -0.2) is 39.5 Å². The molecule has 0 aliphatic carbocycles. The Balaban J connectivity index is 1.74. The number of amides is 1. The number of aromatic nitrogens is 4. The second kappa shape index (κ2) is 6.82. The van der Waals surface area contributed by atoms with Crippen LogP contribution in [0.2, 0.25) is 5.02 Å². The number of carbonyl (C=O) groups excluding carboxylic acids is 1. The van der Waals surface area contributed by atoms with Crippen molar-refractivity contribution < 1.29 is 9.53 Å². The van der Waals surface area contributed by atoms with Crippen molar-refractivity contribution in [2.45, 2.75) is 6.42 Å². The highest BCUT2D eigenvalue weighted by molar-refractivity contribution is 6.32. The molecule has 3 aromatic heterocycles. The molecule has 1 aromatic carbocycles. The number of methoxy groups -OCH3 is 1. The Labute approximate surface area is 170 Å². The molecule has 1 amide bonds. The molecule has 0 fully saturated rings. The summed E-state index contributed by atoms with van der Waals surface area (Å²) >= 11 is 6.29. The molecule has 4 aromatic rings. The summed E-state index contributed by atoms with van der Waals surface area (Å²) in [7, 11) is 1.56. The lowest BCUT2D eigenvalue weighted by atomic mass is 10.0. The van der Waals surface area contributed by atoms with Crippen LogP contribution in [0.4, 0.5) is 11.4 Å². The van der Waals surface area contributed by atoms with Crippen LogP contribution < -0.4 is 15.4 Å². The summed E-state index contributed by atoms with van der Waals surface area (Å²) in [5.74, 6) is 0.375. The Morgan fingerprint density at radius 3 is 3.00 bits per heavy atom. The van der Waals surface area contributed by atoms with E-state index < -0.39 is 0 Å². The molecule has 4 N–H and O–H groups in total. The average molecular weight is 409 g/mol. The molecule has 1 aliphatic rings. The third kappa shape index (κ3) is 2.80. The maximum absolute atomic E-state index is 12.7. The summed E-state index contributed by atoms with van der Waals surface area (Å²) < 4.78 is 5.47. The van der Waals surface area contributed by atoms with Crippen LogP contribution in [0.5, 0.6) is 5.75 Å². The van der Waals surface area contributed by atoms with Crippen molar-refractivity contribution in [3.05, 3.63) is 53.1 Å². The second-order valence-corrected chi connectivity index (χ2v) is 7.05. The fourth-order valence-corrected chi connectivity index (χ4v) is 3.96. The minimum Gasteiger partial charge on any atom is -0.493 e. The molecule has 0 saturated carbocycles. The lowest BCUT2D eigenvalue weighted by Crippen LogP contribution is -2.31. The smallest absolute Gasteiger partial charge is 0.255 e. The number of halogens is 1. The van der Waals surface area contributed by atoms with Crippen LogP contribution in [0, 0.1) is 0 Å². The zero-order valence-electron chi connectivity index (χ0n) is 15.5. The van der Waals surface area contributed by atoms with Gasteiger partial charge in [-0.15, -0.1) is 0 Å². The Morgan fingerprint density at radius 1 is 1.24 bits per heavy atom. The summed E-state index contributed by atoms with van der Waals surface area (Å²) in [4.78, 5) is 27.8. The van der Waals surface area contributed by atoms with Crippen molar-refractivity contribution in [3.8, 4) is 17.0 Å². The van der Waals surface area contributed by atoms with E-state index >= 15 is 0 Å². The highest BCUT2D eigenvalue weighted by Gasteiger charge is 2.28. The van der Waals surface area contributed by atoms with Gasteiger partial charge in [-0.3, -0.25) is 4.79 Å². The van der Waals surface area contributed by atoms with E-state index in [4.69, 9.17) is 16.3 Å². The van der Waals surface area contributed by atoms with Gasteiger partial charge in [0.1, 0.15) is 0 Å². The quantitative estimate of drug-likeness (QED) is 0.412. The molecule has 5 rings (SSSR count). The number of ether oxygens (including phenoxy) is 1. The van der Waals surface area contributed by atoms with E-state index in [0.717, 1.165) is 22.5 Å². The molecular formula is C20H17ClN6O2. The molecule has 4 heterocycles. The summed E-state index contributed by atoms with van der Waals surface area (Å²) in [6.07, 6.45) is 4.01. The molecule has 0 radical (unpaired) electrons. The van der Waals surface area contributed by atoms with Crippen molar-refractivity contribution in [1.29, 1.82) is 0 Å². The fraction of sp³-hybridized carbons (Fsp3) is 0.150. The monoisotopic (exact) mass is 408 g/mol. The number of H-pyrrole nitrogens is 2. The Hall–Kier alpha value is -3.52. The number of para-hydroxylation sites is 1. The van der Waals surface area contributed by atoms with E-state index in [0.29, 0.717) is 46.3 Å². The highest BCUT2D eigenvalue weighted by Crippen LogP contribution is 2.41. The van der Waals surface area contributed by atoms with E-state index in [1.807, 2.05) is 18.2 Å². The number of anilines is 2.